The number of hydrogen-bond donors (Lipinski definition) is 0. The van der Waals surface area contributed by atoms with E-state index in [2.05, 4.69) is 0 Å². The molecule has 2 aromatic rings. The van der Waals surface area contributed by atoms with Crippen molar-refractivity contribution in [3.05, 3.63) is 53.9 Å². The summed E-state index contributed by atoms with van der Waals surface area (Å²) in [6, 6.07) is 8.86. The van der Waals surface area contributed by atoms with Gasteiger partial charge in [0, 0.05) is 45.6 Å². The summed E-state index contributed by atoms with van der Waals surface area (Å²) < 4.78 is 28.8. The van der Waals surface area contributed by atoms with E-state index in [0.717, 1.165) is 11.1 Å². The molecule has 0 N–H and O–H groups in total. The zero-order chi connectivity index (χ0) is 18.0. The summed E-state index contributed by atoms with van der Waals surface area (Å²) in [7, 11) is -1.58. The summed E-state index contributed by atoms with van der Waals surface area (Å²) in [6.07, 6.45) is 4.19. The van der Waals surface area contributed by atoms with Gasteiger partial charge in [-0.2, -0.15) is 4.31 Å². The molecule has 2 heterocycles. The molecule has 0 unspecified atom stereocenters. The molecular weight excluding hydrogens is 338 g/mol. The fourth-order valence-corrected chi connectivity index (χ4v) is 4.58. The predicted molar refractivity (Wildman–Crippen MR) is 95.6 cm³/mol. The van der Waals surface area contributed by atoms with Crippen molar-refractivity contribution < 1.29 is 13.2 Å². The molecule has 25 heavy (non-hydrogen) atoms. The van der Waals surface area contributed by atoms with E-state index < -0.39 is 10.0 Å². The number of nitrogens with zero attached hydrogens (tertiary/aromatic N) is 3. The Kier molecular flexibility index (Phi) is 4.96. The van der Waals surface area contributed by atoms with Gasteiger partial charge in [-0.1, -0.05) is 12.1 Å². The first-order valence-electron chi connectivity index (χ1n) is 8.32. The van der Waals surface area contributed by atoms with Crippen molar-refractivity contribution in [2.24, 2.45) is 7.05 Å². The first kappa shape index (κ1) is 17.7. The highest BCUT2D eigenvalue weighted by molar-refractivity contribution is 7.89. The highest BCUT2D eigenvalue weighted by atomic mass is 32.2. The van der Waals surface area contributed by atoms with Gasteiger partial charge in [0.2, 0.25) is 15.9 Å². The Morgan fingerprint density at radius 3 is 2.44 bits per heavy atom. The first-order chi connectivity index (χ1) is 11.9. The highest BCUT2D eigenvalue weighted by Gasteiger charge is 2.30. The number of carbonyl (C=O) groups is 1. The van der Waals surface area contributed by atoms with E-state index in [-0.39, 0.29) is 5.91 Å². The first-order valence-corrected chi connectivity index (χ1v) is 9.76. The van der Waals surface area contributed by atoms with Crippen molar-refractivity contribution in [1.82, 2.24) is 13.8 Å². The molecule has 0 saturated carbocycles. The molecular formula is C18H23N3O3S. The molecule has 7 heteroatoms. The van der Waals surface area contributed by atoms with Gasteiger partial charge >= 0.3 is 0 Å². The lowest BCUT2D eigenvalue weighted by molar-refractivity contribution is -0.131. The number of aromatic nitrogens is 1. The van der Waals surface area contributed by atoms with Gasteiger partial charge in [-0.3, -0.25) is 4.79 Å². The van der Waals surface area contributed by atoms with E-state index in [1.807, 2.05) is 43.1 Å². The Bertz CT molecular complexity index is 865. The van der Waals surface area contributed by atoms with E-state index in [4.69, 9.17) is 0 Å². The maximum Gasteiger partial charge on any atom is 0.243 e. The molecule has 3 rings (SSSR count). The summed E-state index contributed by atoms with van der Waals surface area (Å²) >= 11 is 0. The molecule has 1 aromatic carbocycles. The Hall–Kier alpha value is -2.12. The monoisotopic (exact) mass is 361 g/mol. The molecule has 0 spiro atoms. The lowest BCUT2D eigenvalue weighted by Crippen LogP contribution is -2.50. The second kappa shape index (κ2) is 7.01. The molecule has 1 amide bonds. The largest absolute Gasteiger partial charge is 0.357 e. The van der Waals surface area contributed by atoms with Crippen LogP contribution in [0.15, 0.2) is 47.6 Å². The number of piperazine rings is 1. The summed E-state index contributed by atoms with van der Waals surface area (Å²) in [5.41, 5.74) is 1.89. The maximum atomic E-state index is 12.7. The summed E-state index contributed by atoms with van der Waals surface area (Å²) in [6.45, 7) is 3.39. The van der Waals surface area contributed by atoms with Gasteiger partial charge in [0.1, 0.15) is 0 Å². The lowest BCUT2D eigenvalue weighted by Gasteiger charge is -2.34. The Morgan fingerprint density at radius 2 is 1.84 bits per heavy atom. The van der Waals surface area contributed by atoms with Gasteiger partial charge in [0.25, 0.3) is 0 Å². The van der Waals surface area contributed by atoms with Crippen molar-refractivity contribution in [1.29, 1.82) is 0 Å². The van der Waals surface area contributed by atoms with Crippen LogP contribution in [0.1, 0.15) is 11.1 Å². The van der Waals surface area contributed by atoms with Crippen LogP contribution in [0, 0.1) is 6.92 Å². The van der Waals surface area contributed by atoms with Crippen LogP contribution in [0.5, 0.6) is 0 Å². The number of rotatable bonds is 4. The molecule has 0 atom stereocenters. The van der Waals surface area contributed by atoms with Crippen LogP contribution in [0.3, 0.4) is 0 Å². The molecule has 0 aliphatic carbocycles. The second-order valence-corrected chi connectivity index (χ2v) is 8.40. The van der Waals surface area contributed by atoms with Crippen LogP contribution < -0.4 is 0 Å². The topological polar surface area (TPSA) is 62.6 Å². The predicted octanol–water partition coefficient (Wildman–Crippen LogP) is 1.41. The molecule has 1 fully saturated rings. The van der Waals surface area contributed by atoms with Crippen molar-refractivity contribution in [2.75, 3.05) is 26.2 Å². The van der Waals surface area contributed by atoms with Gasteiger partial charge in [-0.25, -0.2) is 8.42 Å². The van der Waals surface area contributed by atoms with E-state index in [1.165, 1.54) is 4.31 Å². The van der Waals surface area contributed by atoms with Crippen LogP contribution in [-0.2, 0) is 28.3 Å². The highest BCUT2D eigenvalue weighted by Crippen LogP contribution is 2.19. The third kappa shape index (κ3) is 3.93. The molecule has 134 valence electrons. The average molecular weight is 361 g/mol. The number of benzene rings is 1. The second-order valence-electron chi connectivity index (χ2n) is 6.46. The van der Waals surface area contributed by atoms with Crippen LogP contribution in [0.25, 0.3) is 0 Å². The molecule has 1 aliphatic rings. The zero-order valence-electron chi connectivity index (χ0n) is 14.6. The number of sulfonamides is 1. The third-order valence-electron chi connectivity index (χ3n) is 4.47. The summed E-state index contributed by atoms with van der Waals surface area (Å²) in [5, 5.41) is 0. The number of hydrogen-bond acceptors (Lipinski definition) is 3. The molecule has 1 aromatic heterocycles. The Morgan fingerprint density at radius 1 is 1.12 bits per heavy atom. The van der Waals surface area contributed by atoms with Crippen LogP contribution in [0.2, 0.25) is 0 Å². The summed E-state index contributed by atoms with van der Waals surface area (Å²) in [4.78, 5) is 14.5. The number of aryl methyl sites for hydroxylation is 2. The third-order valence-corrected chi connectivity index (χ3v) is 6.36. The normalized spacial score (nSPS) is 16.2. The lowest BCUT2D eigenvalue weighted by atomic mass is 10.2. The fourth-order valence-electron chi connectivity index (χ4n) is 3.05. The van der Waals surface area contributed by atoms with Crippen molar-refractivity contribution in [2.45, 2.75) is 18.2 Å². The van der Waals surface area contributed by atoms with Gasteiger partial charge in [0.05, 0.1) is 11.3 Å². The summed E-state index contributed by atoms with van der Waals surface area (Å²) in [5.74, 6) is 0.0406. The fraction of sp³-hybridized carbons (Fsp3) is 0.389. The van der Waals surface area contributed by atoms with E-state index in [0.29, 0.717) is 37.5 Å². The minimum absolute atomic E-state index is 0.0406. The Labute approximate surface area is 148 Å². The average Bonchev–Trinajstić information content (AvgIpc) is 3.00. The van der Waals surface area contributed by atoms with Crippen molar-refractivity contribution in [3.63, 3.8) is 0 Å². The van der Waals surface area contributed by atoms with Crippen LogP contribution >= 0.6 is 0 Å². The SMILES string of the molecule is Cc1cccc(S(=O)(=O)N2CCN(C(=O)Cc3ccn(C)c3)CC2)c1. The van der Waals surface area contributed by atoms with E-state index >= 15 is 0 Å². The van der Waals surface area contributed by atoms with Crippen LogP contribution in [0.4, 0.5) is 0 Å². The van der Waals surface area contributed by atoms with Gasteiger partial charge in [0.15, 0.2) is 0 Å². The molecule has 1 aliphatic heterocycles. The Balaban J connectivity index is 1.62. The molecule has 0 bridgehead atoms. The maximum absolute atomic E-state index is 12.7. The smallest absolute Gasteiger partial charge is 0.243 e. The van der Waals surface area contributed by atoms with Crippen molar-refractivity contribution >= 4 is 15.9 Å². The standard InChI is InChI=1S/C18H23N3O3S/c1-15-4-3-5-17(12-15)25(23,24)21-10-8-20(9-11-21)18(22)13-16-6-7-19(2)14-16/h3-7,12,14H,8-11,13H2,1-2H3. The minimum atomic E-state index is -3.50. The van der Waals surface area contributed by atoms with E-state index in [9.17, 15) is 13.2 Å². The zero-order valence-corrected chi connectivity index (χ0v) is 15.4. The molecule has 1 saturated heterocycles. The molecule has 6 nitrogen and oxygen atoms in total. The van der Waals surface area contributed by atoms with Gasteiger partial charge in [-0.05, 0) is 36.2 Å². The van der Waals surface area contributed by atoms with Crippen LogP contribution in [-0.4, -0.2) is 54.3 Å². The quantitative estimate of drug-likeness (QED) is 0.827. The van der Waals surface area contributed by atoms with Crippen molar-refractivity contribution in [3.8, 4) is 0 Å². The van der Waals surface area contributed by atoms with Gasteiger partial charge < -0.3 is 9.47 Å². The molecule has 0 radical (unpaired) electrons. The number of carbonyl (C=O) groups excluding carboxylic acids is 1. The van der Waals surface area contributed by atoms with E-state index in [1.54, 1.807) is 23.1 Å². The minimum Gasteiger partial charge on any atom is -0.357 e. The number of amides is 1. The van der Waals surface area contributed by atoms with Gasteiger partial charge in [-0.15, -0.1) is 0 Å².